The van der Waals surface area contributed by atoms with E-state index >= 15 is 0 Å². The SMILES string of the molecule is C[C@@H](NC(=O)c1nnc2cccccc1-2)c1ccccn1. The van der Waals surface area contributed by atoms with Crippen molar-refractivity contribution in [1.82, 2.24) is 20.5 Å². The predicted molar refractivity (Wildman–Crippen MR) is 78.8 cm³/mol. The summed E-state index contributed by atoms with van der Waals surface area (Å²) in [5.41, 5.74) is 2.59. The maximum absolute atomic E-state index is 12.4. The second kappa shape index (κ2) is 5.66. The summed E-state index contributed by atoms with van der Waals surface area (Å²) < 4.78 is 0. The molecular formula is C16H14N4O. The van der Waals surface area contributed by atoms with E-state index in [0.717, 1.165) is 11.3 Å². The molecule has 104 valence electrons. The van der Waals surface area contributed by atoms with E-state index in [-0.39, 0.29) is 11.9 Å². The summed E-state index contributed by atoms with van der Waals surface area (Å²) in [6.45, 7) is 1.89. The summed E-state index contributed by atoms with van der Waals surface area (Å²) in [7, 11) is 0. The molecule has 0 saturated heterocycles. The number of nitrogens with zero attached hydrogens (tertiary/aromatic N) is 3. The first kappa shape index (κ1) is 13.2. The molecule has 1 N–H and O–H groups in total. The standard InChI is InChI=1S/C16H14N4O/c1-11(13-8-5-6-10-17-13)18-16(21)15-12-7-3-2-4-9-14(12)19-20-15/h2-11H,1H3,(H,18,21)/t11-/m1/s1. The lowest BCUT2D eigenvalue weighted by atomic mass is 10.1. The third-order valence-corrected chi connectivity index (χ3v) is 3.22. The Hall–Kier alpha value is -2.82. The van der Waals surface area contributed by atoms with Crippen LogP contribution in [-0.4, -0.2) is 21.1 Å². The highest BCUT2D eigenvalue weighted by atomic mass is 16.2. The van der Waals surface area contributed by atoms with E-state index in [4.69, 9.17) is 0 Å². The Labute approximate surface area is 122 Å². The fourth-order valence-electron chi connectivity index (χ4n) is 2.12. The molecule has 5 heteroatoms. The van der Waals surface area contributed by atoms with Crippen LogP contribution >= 0.6 is 0 Å². The van der Waals surface area contributed by atoms with Crippen LogP contribution in [0.3, 0.4) is 0 Å². The Morgan fingerprint density at radius 1 is 1.05 bits per heavy atom. The third kappa shape index (κ3) is 2.72. The van der Waals surface area contributed by atoms with Gasteiger partial charge in [-0.05, 0) is 25.1 Å². The summed E-state index contributed by atoms with van der Waals surface area (Å²) in [6, 6.07) is 14.7. The largest absolute Gasteiger partial charge is 0.343 e. The lowest BCUT2D eigenvalue weighted by Crippen LogP contribution is -2.27. The quantitative estimate of drug-likeness (QED) is 0.799. The summed E-state index contributed by atoms with van der Waals surface area (Å²) >= 11 is 0. The molecule has 0 spiro atoms. The van der Waals surface area contributed by atoms with E-state index in [0.29, 0.717) is 11.4 Å². The summed E-state index contributed by atoms with van der Waals surface area (Å²) in [5.74, 6) is -0.248. The van der Waals surface area contributed by atoms with Crippen LogP contribution in [0.15, 0.2) is 54.7 Å². The zero-order valence-electron chi connectivity index (χ0n) is 11.5. The molecule has 2 heterocycles. The zero-order chi connectivity index (χ0) is 14.7. The van der Waals surface area contributed by atoms with Crippen molar-refractivity contribution in [3.05, 3.63) is 66.1 Å². The van der Waals surface area contributed by atoms with Crippen LogP contribution in [0.4, 0.5) is 0 Å². The van der Waals surface area contributed by atoms with Crippen LogP contribution in [-0.2, 0) is 0 Å². The molecule has 1 aromatic rings. The van der Waals surface area contributed by atoms with Crippen molar-refractivity contribution in [1.29, 1.82) is 0 Å². The molecule has 0 saturated carbocycles. The molecule has 1 amide bonds. The van der Waals surface area contributed by atoms with E-state index in [1.165, 1.54) is 0 Å². The van der Waals surface area contributed by atoms with Gasteiger partial charge in [-0.1, -0.05) is 30.3 Å². The minimum Gasteiger partial charge on any atom is -0.343 e. The summed E-state index contributed by atoms with van der Waals surface area (Å²) in [5, 5.41) is 10.9. The number of hydrogen-bond acceptors (Lipinski definition) is 4. The molecular weight excluding hydrogens is 264 g/mol. The van der Waals surface area contributed by atoms with Crippen molar-refractivity contribution in [2.24, 2.45) is 0 Å². The van der Waals surface area contributed by atoms with E-state index in [1.54, 1.807) is 6.20 Å². The predicted octanol–water partition coefficient (Wildman–Crippen LogP) is 2.47. The third-order valence-electron chi connectivity index (χ3n) is 3.22. The summed E-state index contributed by atoms with van der Waals surface area (Å²) in [6.07, 6.45) is 1.70. The normalized spacial score (nSPS) is 12.0. The molecule has 5 nitrogen and oxygen atoms in total. The van der Waals surface area contributed by atoms with E-state index in [1.807, 2.05) is 55.5 Å². The topological polar surface area (TPSA) is 67.8 Å². The van der Waals surface area contributed by atoms with Crippen molar-refractivity contribution in [3.8, 4) is 11.3 Å². The Morgan fingerprint density at radius 2 is 1.86 bits per heavy atom. The highest BCUT2D eigenvalue weighted by Crippen LogP contribution is 2.22. The minimum absolute atomic E-state index is 0.192. The zero-order valence-corrected chi connectivity index (χ0v) is 11.5. The average Bonchev–Trinajstić information content (AvgIpc) is 2.77. The number of pyridine rings is 1. The van der Waals surface area contributed by atoms with E-state index in [9.17, 15) is 4.79 Å². The maximum atomic E-state index is 12.4. The van der Waals surface area contributed by atoms with Crippen LogP contribution in [0.1, 0.15) is 29.1 Å². The molecule has 0 aromatic carbocycles. The molecule has 0 unspecified atom stereocenters. The van der Waals surface area contributed by atoms with Gasteiger partial charge in [-0.15, -0.1) is 10.2 Å². The lowest BCUT2D eigenvalue weighted by Gasteiger charge is -2.12. The second-order valence-electron chi connectivity index (χ2n) is 4.71. The van der Waals surface area contributed by atoms with Gasteiger partial charge < -0.3 is 5.32 Å². The first-order valence-corrected chi connectivity index (χ1v) is 6.69. The van der Waals surface area contributed by atoms with Crippen molar-refractivity contribution in [3.63, 3.8) is 0 Å². The Kier molecular flexibility index (Phi) is 3.55. The van der Waals surface area contributed by atoms with Crippen LogP contribution in [0.2, 0.25) is 0 Å². The van der Waals surface area contributed by atoms with Crippen molar-refractivity contribution >= 4 is 5.91 Å². The first-order chi connectivity index (χ1) is 10.3. The Morgan fingerprint density at radius 3 is 2.67 bits per heavy atom. The highest BCUT2D eigenvalue weighted by molar-refractivity contribution is 5.99. The average molecular weight is 278 g/mol. The first-order valence-electron chi connectivity index (χ1n) is 6.69. The van der Waals surface area contributed by atoms with Crippen LogP contribution in [0.5, 0.6) is 0 Å². The number of amides is 1. The lowest BCUT2D eigenvalue weighted by molar-refractivity contribution is 0.0935. The second-order valence-corrected chi connectivity index (χ2v) is 4.71. The van der Waals surface area contributed by atoms with Crippen molar-refractivity contribution in [2.75, 3.05) is 0 Å². The van der Waals surface area contributed by atoms with E-state index in [2.05, 4.69) is 20.5 Å². The molecule has 0 radical (unpaired) electrons. The molecule has 1 atom stereocenters. The van der Waals surface area contributed by atoms with Crippen LogP contribution < -0.4 is 5.32 Å². The van der Waals surface area contributed by atoms with Gasteiger partial charge in [-0.2, -0.15) is 0 Å². The molecule has 1 aliphatic carbocycles. The molecule has 2 aliphatic rings. The fraction of sp³-hybridized carbons (Fsp3) is 0.125. The smallest absolute Gasteiger partial charge is 0.273 e. The fourth-order valence-corrected chi connectivity index (χ4v) is 2.12. The minimum atomic E-state index is -0.248. The van der Waals surface area contributed by atoms with E-state index < -0.39 is 0 Å². The van der Waals surface area contributed by atoms with Gasteiger partial charge >= 0.3 is 0 Å². The van der Waals surface area contributed by atoms with Gasteiger partial charge in [-0.3, -0.25) is 9.78 Å². The van der Waals surface area contributed by atoms with Gasteiger partial charge in [0.2, 0.25) is 0 Å². The van der Waals surface area contributed by atoms with Gasteiger partial charge in [0.15, 0.2) is 5.69 Å². The number of rotatable bonds is 3. The molecule has 21 heavy (non-hydrogen) atoms. The van der Waals surface area contributed by atoms with Gasteiger partial charge in [0, 0.05) is 11.8 Å². The van der Waals surface area contributed by atoms with Crippen LogP contribution in [0.25, 0.3) is 11.3 Å². The van der Waals surface area contributed by atoms with Gasteiger partial charge in [0.25, 0.3) is 5.91 Å². The van der Waals surface area contributed by atoms with Crippen LogP contribution in [0, 0.1) is 0 Å². The molecule has 0 bridgehead atoms. The van der Waals surface area contributed by atoms with Gasteiger partial charge in [0.1, 0.15) is 0 Å². The van der Waals surface area contributed by atoms with Gasteiger partial charge in [-0.25, -0.2) is 0 Å². The number of aromatic nitrogens is 3. The Bertz CT molecular complexity index is 729. The number of hydrogen-bond donors (Lipinski definition) is 1. The van der Waals surface area contributed by atoms with Crippen molar-refractivity contribution < 1.29 is 4.79 Å². The number of fused-ring (bicyclic) bond motifs is 1. The summed E-state index contributed by atoms with van der Waals surface area (Å²) in [4.78, 5) is 16.6. The van der Waals surface area contributed by atoms with Gasteiger partial charge in [0.05, 0.1) is 17.4 Å². The number of carbonyl (C=O) groups excluding carboxylic acids is 1. The highest BCUT2D eigenvalue weighted by Gasteiger charge is 2.20. The Balaban J connectivity index is 1.83. The molecule has 1 aliphatic heterocycles. The monoisotopic (exact) mass is 278 g/mol. The number of nitrogens with one attached hydrogen (secondary N) is 1. The molecule has 1 aromatic heterocycles. The molecule has 3 rings (SSSR count). The van der Waals surface area contributed by atoms with Crippen molar-refractivity contribution in [2.45, 2.75) is 13.0 Å². The number of carbonyl (C=O) groups is 1. The maximum Gasteiger partial charge on any atom is 0.273 e. The molecule has 0 fully saturated rings.